The molecule has 2 fully saturated rings. The predicted molar refractivity (Wildman–Crippen MR) is 144 cm³/mol. The van der Waals surface area contributed by atoms with Gasteiger partial charge in [-0.3, -0.25) is 19.9 Å². The maximum absolute atomic E-state index is 12.3. The third-order valence-corrected chi connectivity index (χ3v) is 8.57. The summed E-state index contributed by atoms with van der Waals surface area (Å²) in [5, 5.41) is 2.39. The van der Waals surface area contributed by atoms with Crippen LogP contribution in [0.4, 0.5) is 10.6 Å². The van der Waals surface area contributed by atoms with Gasteiger partial charge in [-0.1, -0.05) is 56.2 Å². The molecule has 1 saturated heterocycles. The maximum atomic E-state index is 12.3. The second-order valence-electron chi connectivity index (χ2n) is 11.0. The van der Waals surface area contributed by atoms with Gasteiger partial charge < -0.3 is 4.57 Å². The van der Waals surface area contributed by atoms with Gasteiger partial charge in [0.1, 0.15) is 11.6 Å². The van der Waals surface area contributed by atoms with Crippen LogP contribution in [0.3, 0.4) is 0 Å². The van der Waals surface area contributed by atoms with Crippen molar-refractivity contribution in [3.8, 4) is 11.4 Å². The topological polar surface area (TPSA) is 70.5 Å². The minimum atomic E-state index is -0.392. The van der Waals surface area contributed by atoms with Gasteiger partial charge in [0.2, 0.25) is 5.91 Å². The molecule has 1 N–H and O–H groups in total. The van der Waals surface area contributed by atoms with Crippen molar-refractivity contribution in [1.29, 1.82) is 0 Å². The molecular formula is C30H35N5O2. The van der Waals surface area contributed by atoms with E-state index < -0.39 is 6.03 Å². The Labute approximate surface area is 218 Å². The number of aromatic nitrogens is 2. The van der Waals surface area contributed by atoms with Crippen LogP contribution in [0.5, 0.6) is 0 Å². The number of imide groups is 1. The van der Waals surface area contributed by atoms with E-state index in [4.69, 9.17) is 0 Å². The molecule has 1 atom stereocenters. The van der Waals surface area contributed by atoms with Crippen LogP contribution >= 0.6 is 0 Å². The Hall–Kier alpha value is -3.45. The average Bonchev–Trinajstić information content (AvgIpc) is 3.64. The molecule has 6 rings (SSSR count). The number of anilines is 1. The zero-order valence-corrected chi connectivity index (χ0v) is 21.7. The van der Waals surface area contributed by atoms with E-state index in [1.165, 1.54) is 47.9 Å². The molecule has 7 nitrogen and oxygen atoms in total. The molecule has 2 aromatic carbocycles. The number of hydrogen-bond acceptors (Lipinski definition) is 4. The summed E-state index contributed by atoms with van der Waals surface area (Å²) in [7, 11) is 1.91. The van der Waals surface area contributed by atoms with Gasteiger partial charge in [-0.2, -0.15) is 0 Å². The summed E-state index contributed by atoms with van der Waals surface area (Å²) in [6, 6.07) is 15.5. The highest BCUT2D eigenvalue weighted by atomic mass is 16.2. The molecule has 37 heavy (non-hydrogen) atoms. The molecule has 7 heteroatoms. The number of carbonyl (C=O) groups is 2. The number of imidazole rings is 1. The first-order valence-corrected chi connectivity index (χ1v) is 13.5. The van der Waals surface area contributed by atoms with Crippen LogP contribution < -0.4 is 10.2 Å². The minimum absolute atomic E-state index is 0.235. The highest BCUT2D eigenvalue weighted by Gasteiger charge is 2.28. The molecule has 1 saturated carbocycles. The Balaban J connectivity index is 1.13. The van der Waals surface area contributed by atoms with Gasteiger partial charge in [-0.25, -0.2) is 9.78 Å². The molecule has 1 unspecified atom stereocenters. The fourth-order valence-electron chi connectivity index (χ4n) is 6.33. The lowest BCUT2D eigenvalue weighted by Crippen LogP contribution is -2.50. The number of nitrogens with zero attached hydrogens (tertiary/aromatic N) is 4. The number of carbonyl (C=O) groups excluding carboxylic acids is 2. The van der Waals surface area contributed by atoms with Gasteiger partial charge in [0.25, 0.3) is 0 Å². The van der Waals surface area contributed by atoms with E-state index in [1.54, 1.807) is 11.1 Å². The molecule has 1 aromatic heterocycles. The lowest BCUT2D eigenvalue weighted by Gasteiger charge is -2.26. The molecule has 0 bridgehead atoms. The number of rotatable bonds is 6. The number of benzene rings is 2. The Bertz CT molecular complexity index is 1320. The first kappa shape index (κ1) is 23.9. The normalized spacial score (nSPS) is 19.4. The van der Waals surface area contributed by atoms with Gasteiger partial charge >= 0.3 is 6.03 Å². The standard InChI is InChI=1S/C30H35N5O2/c1-20(22-5-3-4-6-22)23-9-7-21(8-10-23)17-34-18-25-12-11-24(15-26(25)19-34)29-31-16-28(33(29)2)35-14-13-27(36)32-30(35)37/h7-12,15-16,20,22H,3-6,13-14,17-19H2,1-2H3,(H,32,36,37). The van der Waals surface area contributed by atoms with Gasteiger partial charge in [0.05, 0.1) is 6.20 Å². The van der Waals surface area contributed by atoms with Gasteiger partial charge in [-0.05, 0) is 53.0 Å². The summed E-state index contributed by atoms with van der Waals surface area (Å²) in [5.41, 5.74) is 6.57. The van der Waals surface area contributed by atoms with Crippen LogP contribution in [-0.4, -0.2) is 32.9 Å². The van der Waals surface area contributed by atoms with E-state index >= 15 is 0 Å². The van der Waals surface area contributed by atoms with Crippen LogP contribution in [0.1, 0.15) is 67.2 Å². The molecule has 192 valence electrons. The second-order valence-corrected chi connectivity index (χ2v) is 11.0. The van der Waals surface area contributed by atoms with Crippen LogP contribution in [0, 0.1) is 5.92 Å². The SMILES string of the molecule is CC(c1ccc(CN2Cc3ccc(-c4ncc(N5CCC(=O)NC5=O)n4C)cc3C2)cc1)C1CCCC1. The highest BCUT2D eigenvalue weighted by Crippen LogP contribution is 2.37. The van der Waals surface area contributed by atoms with Crippen molar-refractivity contribution >= 4 is 17.8 Å². The van der Waals surface area contributed by atoms with E-state index in [0.717, 1.165) is 36.9 Å². The zero-order valence-electron chi connectivity index (χ0n) is 21.7. The Morgan fingerprint density at radius 2 is 1.78 bits per heavy atom. The van der Waals surface area contributed by atoms with Crippen molar-refractivity contribution in [2.75, 3.05) is 11.4 Å². The third-order valence-electron chi connectivity index (χ3n) is 8.57. The summed E-state index contributed by atoms with van der Waals surface area (Å²) in [6.07, 6.45) is 7.55. The van der Waals surface area contributed by atoms with Crippen LogP contribution in [-0.2, 0) is 31.5 Å². The number of urea groups is 1. The Morgan fingerprint density at radius 1 is 1.03 bits per heavy atom. The van der Waals surface area contributed by atoms with Gasteiger partial charge in [0.15, 0.2) is 0 Å². The van der Waals surface area contributed by atoms with Gasteiger partial charge in [-0.15, -0.1) is 0 Å². The molecular weight excluding hydrogens is 462 g/mol. The van der Waals surface area contributed by atoms with E-state index in [0.29, 0.717) is 24.7 Å². The molecule has 0 radical (unpaired) electrons. The quantitative estimate of drug-likeness (QED) is 0.499. The zero-order chi connectivity index (χ0) is 25.5. The van der Waals surface area contributed by atoms with Gasteiger partial charge in [0, 0.05) is 45.2 Å². The summed E-state index contributed by atoms with van der Waals surface area (Å²) in [4.78, 5) is 32.5. The first-order chi connectivity index (χ1) is 18.0. The van der Waals surface area contributed by atoms with Crippen molar-refractivity contribution in [2.24, 2.45) is 13.0 Å². The summed E-state index contributed by atoms with van der Waals surface area (Å²) in [6.45, 7) is 5.56. The number of nitrogens with one attached hydrogen (secondary N) is 1. The predicted octanol–water partition coefficient (Wildman–Crippen LogP) is 5.34. The minimum Gasteiger partial charge on any atom is -0.314 e. The summed E-state index contributed by atoms with van der Waals surface area (Å²) in [5.74, 6) is 2.77. The molecule has 3 aromatic rings. The molecule has 3 aliphatic rings. The van der Waals surface area contributed by atoms with Crippen molar-refractivity contribution in [3.63, 3.8) is 0 Å². The Kier molecular flexibility index (Phi) is 6.32. The fourth-order valence-corrected chi connectivity index (χ4v) is 6.33. The van der Waals surface area contributed by atoms with E-state index in [2.05, 4.69) is 64.6 Å². The number of fused-ring (bicyclic) bond motifs is 1. The molecule has 3 amide bonds. The smallest absolute Gasteiger partial charge is 0.314 e. The molecule has 0 spiro atoms. The van der Waals surface area contributed by atoms with Crippen LogP contribution in [0.15, 0.2) is 48.7 Å². The summed E-state index contributed by atoms with van der Waals surface area (Å²) >= 11 is 0. The monoisotopic (exact) mass is 497 g/mol. The average molecular weight is 498 g/mol. The first-order valence-electron chi connectivity index (χ1n) is 13.5. The van der Waals surface area contributed by atoms with E-state index in [1.807, 2.05) is 11.6 Å². The highest BCUT2D eigenvalue weighted by molar-refractivity contribution is 6.05. The lowest BCUT2D eigenvalue weighted by molar-refractivity contribution is -0.120. The van der Waals surface area contributed by atoms with Crippen LogP contribution in [0.25, 0.3) is 11.4 Å². The van der Waals surface area contributed by atoms with E-state index in [-0.39, 0.29) is 5.91 Å². The van der Waals surface area contributed by atoms with Crippen molar-refractivity contribution in [3.05, 3.63) is 70.9 Å². The largest absolute Gasteiger partial charge is 0.329 e. The summed E-state index contributed by atoms with van der Waals surface area (Å²) < 4.78 is 1.93. The number of hydrogen-bond donors (Lipinski definition) is 1. The van der Waals surface area contributed by atoms with Crippen molar-refractivity contribution in [2.45, 2.75) is 64.6 Å². The van der Waals surface area contributed by atoms with Crippen molar-refractivity contribution < 1.29 is 9.59 Å². The number of amides is 3. The Morgan fingerprint density at radius 3 is 2.54 bits per heavy atom. The fraction of sp³-hybridized carbons (Fsp3) is 0.433. The molecule has 3 heterocycles. The third kappa shape index (κ3) is 4.68. The lowest BCUT2D eigenvalue weighted by atomic mass is 9.86. The second kappa shape index (κ2) is 9.78. The van der Waals surface area contributed by atoms with Crippen molar-refractivity contribution in [1.82, 2.24) is 19.8 Å². The van der Waals surface area contributed by atoms with E-state index in [9.17, 15) is 9.59 Å². The van der Waals surface area contributed by atoms with Crippen LogP contribution in [0.2, 0.25) is 0 Å². The molecule has 2 aliphatic heterocycles. The molecule has 1 aliphatic carbocycles. The maximum Gasteiger partial charge on any atom is 0.329 e.